The minimum Gasteiger partial charge on any atom is -0.326 e. The molecule has 0 atom stereocenters. The summed E-state index contributed by atoms with van der Waals surface area (Å²) in [5.74, 6) is 0.719. The fraction of sp³-hybridized carbons (Fsp3) is 0.727. The first-order chi connectivity index (χ1) is 6.86. The molecule has 3 heteroatoms. The van der Waals surface area contributed by atoms with Gasteiger partial charge in [0, 0.05) is 30.3 Å². The quantitative estimate of drug-likeness (QED) is 0.798. The second-order valence-corrected chi connectivity index (χ2v) is 4.06. The minimum atomic E-state index is 0.631. The van der Waals surface area contributed by atoms with Gasteiger partial charge in [-0.05, 0) is 19.8 Å². The van der Waals surface area contributed by atoms with E-state index in [-0.39, 0.29) is 0 Å². The molecular weight excluding hydrogens is 174 g/mol. The Kier molecular flexibility index (Phi) is 2.87. The van der Waals surface area contributed by atoms with Crippen LogP contribution in [-0.2, 0) is 13.1 Å². The van der Waals surface area contributed by atoms with Crippen LogP contribution < -0.4 is 5.73 Å². The molecule has 2 rings (SSSR count). The van der Waals surface area contributed by atoms with Crippen LogP contribution in [0.4, 0.5) is 0 Å². The van der Waals surface area contributed by atoms with Gasteiger partial charge in [0.25, 0.3) is 0 Å². The Hall–Kier alpha value is -0.830. The molecule has 0 amide bonds. The first kappa shape index (κ1) is 9.71. The number of nitrogens with zero attached hydrogens (tertiary/aromatic N) is 2. The van der Waals surface area contributed by atoms with E-state index in [0.717, 1.165) is 12.5 Å². The van der Waals surface area contributed by atoms with Gasteiger partial charge in [0.15, 0.2) is 0 Å². The van der Waals surface area contributed by atoms with Gasteiger partial charge in [-0.25, -0.2) is 0 Å². The van der Waals surface area contributed by atoms with Gasteiger partial charge in [-0.1, -0.05) is 12.8 Å². The lowest BCUT2D eigenvalue weighted by Gasteiger charge is -2.13. The molecule has 1 aliphatic carbocycles. The fourth-order valence-electron chi connectivity index (χ4n) is 2.51. The summed E-state index contributed by atoms with van der Waals surface area (Å²) in [6, 6.07) is 0. The van der Waals surface area contributed by atoms with Crippen LogP contribution in [0.1, 0.15) is 49.8 Å². The maximum atomic E-state index is 5.73. The highest BCUT2D eigenvalue weighted by Crippen LogP contribution is 2.35. The Morgan fingerprint density at radius 2 is 2.21 bits per heavy atom. The molecule has 2 N–H and O–H groups in total. The molecule has 3 nitrogen and oxygen atoms in total. The summed E-state index contributed by atoms with van der Waals surface area (Å²) in [5.41, 5.74) is 8.39. The summed E-state index contributed by atoms with van der Waals surface area (Å²) >= 11 is 0. The van der Waals surface area contributed by atoms with Crippen molar-refractivity contribution in [3.8, 4) is 0 Å². The van der Waals surface area contributed by atoms with Crippen molar-refractivity contribution in [2.75, 3.05) is 0 Å². The van der Waals surface area contributed by atoms with E-state index in [1.54, 1.807) is 0 Å². The smallest absolute Gasteiger partial charge is 0.0537 e. The van der Waals surface area contributed by atoms with Crippen molar-refractivity contribution < 1.29 is 0 Å². The van der Waals surface area contributed by atoms with E-state index in [0.29, 0.717) is 6.54 Å². The largest absolute Gasteiger partial charge is 0.326 e. The highest BCUT2D eigenvalue weighted by atomic mass is 15.3. The van der Waals surface area contributed by atoms with Gasteiger partial charge in [0.05, 0.1) is 6.20 Å². The number of hydrogen-bond donors (Lipinski definition) is 1. The van der Waals surface area contributed by atoms with Crippen molar-refractivity contribution in [3.05, 3.63) is 17.5 Å². The van der Waals surface area contributed by atoms with Crippen molar-refractivity contribution in [1.82, 2.24) is 9.78 Å². The molecule has 1 aromatic heterocycles. The molecule has 1 heterocycles. The standard InChI is InChI=1S/C11H19N3/c1-2-14-11(9-5-3-4-6-9)10(7-12)8-13-14/h8-9H,2-7,12H2,1H3. The highest BCUT2D eigenvalue weighted by molar-refractivity contribution is 5.22. The van der Waals surface area contributed by atoms with E-state index in [2.05, 4.69) is 16.7 Å². The molecule has 0 aromatic carbocycles. The zero-order chi connectivity index (χ0) is 9.97. The normalized spacial score (nSPS) is 17.9. The maximum Gasteiger partial charge on any atom is 0.0537 e. The molecule has 0 saturated heterocycles. The van der Waals surface area contributed by atoms with Gasteiger partial charge in [-0.3, -0.25) is 4.68 Å². The third-order valence-corrected chi connectivity index (χ3v) is 3.22. The monoisotopic (exact) mass is 193 g/mol. The minimum absolute atomic E-state index is 0.631. The Bertz CT molecular complexity index is 276. The van der Waals surface area contributed by atoms with Crippen LogP contribution in [0.15, 0.2) is 6.20 Å². The molecule has 0 bridgehead atoms. The summed E-state index contributed by atoms with van der Waals surface area (Å²) in [7, 11) is 0. The number of hydrogen-bond acceptors (Lipinski definition) is 2. The molecule has 0 radical (unpaired) electrons. The Morgan fingerprint density at radius 3 is 2.79 bits per heavy atom. The van der Waals surface area contributed by atoms with E-state index in [9.17, 15) is 0 Å². The topological polar surface area (TPSA) is 43.8 Å². The molecule has 1 aromatic rings. The van der Waals surface area contributed by atoms with E-state index in [1.165, 1.54) is 36.9 Å². The summed E-state index contributed by atoms with van der Waals surface area (Å²) in [5, 5.41) is 4.39. The van der Waals surface area contributed by atoms with Crippen molar-refractivity contribution in [1.29, 1.82) is 0 Å². The highest BCUT2D eigenvalue weighted by Gasteiger charge is 2.23. The molecule has 78 valence electrons. The van der Waals surface area contributed by atoms with Crippen molar-refractivity contribution in [3.63, 3.8) is 0 Å². The first-order valence-corrected chi connectivity index (χ1v) is 5.61. The van der Waals surface area contributed by atoms with E-state index < -0.39 is 0 Å². The van der Waals surface area contributed by atoms with E-state index >= 15 is 0 Å². The second-order valence-electron chi connectivity index (χ2n) is 4.06. The molecule has 0 unspecified atom stereocenters. The SMILES string of the molecule is CCn1ncc(CN)c1C1CCCC1. The van der Waals surface area contributed by atoms with Gasteiger partial charge in [0.2, 0.25) is 0 Å². The number of rotatable bonds is 3. The number of aromatic nitrogens is 2. The van der Waals surface area contributed by atoms with Crippen LogP contribution in [0.2, 0.25) is 0 Å². The predicted octanol–water partition coefficient (Wildman–Crippen LogP) is 2.02. The van der Waals surface area contributed by atoms with Crippen molar-refractivity contribution in [2.24, 2.45) is 5.73 Å². The average Bonchev–Trinajstić information content (AvgIpc) is 2.85. The maximum absolute atomic E-state index is 5.73. The molecule has 14 heavy (non-hydrogen) atoms. The van der Waals surface area contributed by atoms with Crippen LogP contribution >= 0.6 is 0 Å². The zero-order valence-electron chi connectivity index (χ0n) is 8.87. The molecule has 0 spiro atoms. The van der Waals surface area contributed by atoms with Crippen LogP contribution in [0.5, 0.6) is 0 Å². The number of aryl methyl sites for hydroxylation is 1. The summed E-state index contributed by atoms with van der Waals surface area (Å²) in [6.07, 6.45) is 7.31. The summed E-state index contributed by atoms with van der Waals surface area (Å²) < 4.78 is 2.12. The van der Waals surface area contributed by atoms with Gasteiger partial charge < -0.3 is 5.73 Å². The van der Waals surface area contributed by atoms with Crippen LogP contribution in [0, 0.1) is 0 Å². The van der Waals surface area contributed by atoms with Crippen LogP contribution in [0.3, 0.4) is 0 Å². The summed E-state index contributed by atoms with van der Waals surface area (Å²) in [4.78, 5) is 0. The lowest BCUT2D eigenvalue weighted by atomic mass is 10.00. The predicted molar refractivity (Wildman–Crippen MR) is 57.0 cm³/mol. The first-order valence-electron chi connectivity index (χ1n) is 5.61. The Morgan fingerprint density at radius 1 is 1.50 bits per heavy atom. The summed E-state index contributed by atoms with van der Waals surface area (Å²) in [6.45, 7) is 3.74. The third-order valence-electron chi connectivity index (χ3n) is 3.22. The molecule has 1 saturated carbocycles. The van der Waals surface area contributed by atoms with Gasteiger partial charge in [0.1, 0.15) is 0 Å². The molecule has 1 fully saturated rings. The lowest BCUT2D eigenvalue weighted by molar-refractivity contribution is 0.565. The molecular formula is C11H19N3. The Labute approximate surface area is 85.3 Å². The van der Waals surface area contributed by atoms with Crippen LogP contribution in [0.25, 0.3) is 0 Å². The van der Waals surface area contributed by atoms with Gasteiger partial charge >= 0.3 is 0 Å². The van der Waals surface area contributed by atoms with E-state index in [4.69, 9.17) is 5.73 Å². The Balaban J connectivity index is 2.31. The van der Waals surface area contributed by atoms with Crippen molar-refractivity contribution in [2.45, 2.75) is 51.6 Å². The third kappa shape index (κ3) is 1.57. The van der Waals surface area contributed by atoms with Gasteiger partial charge in [-0.15, -0.1) is 0 Å². The number of nitrogens with two attached hydrogens (primary N) is 1. The fourth-order valence-corrected chi connectivity index (χ4v) is 2.51. The molecule has 0 aliphatic heterocycles. The zero-order valence-corrected chi connectivity index (χ0v) is 8.87. The van der Waals surface area contributed by atoms with Crippen molar-refractivity contribution >= 4 is 0 Å². The van der Waals surface area contributed by atoms with E-state index in [1.807, 2.05) is 6.20 Å². The molecule has 1 aliphatic rings. The van der Waals surface area contributed by atoms with Gasteiger partial charge in [-0.2, -0.15) is 5.10 Å². The lowest BCUT2D eigenvalue weighted by Crippen LogP contribution is -2.09. The average molecular weight is 193 g/mol. The van der Waals surface area contributed by atoms with Crippen LogP contribution in [-0.4, -0.2) is 9.78 Å². The second kappa shape index (κ2) is 4.13.